The van der Waals surface area contributed by atoms with Crippen LogP contribution in [0.15, 0.2) is 24.5 Å². The van der Waals surface area contributed by atoms with E-state index in [4.69, 9.17) is 10.8 Å². The van der Waals surface area contributed by atoms with Crippen molar-refractivity contribution < 1.29 is 9.90 Å². The molecule has 1 saturated carbocycles. The molecule has 6 nitrogen and oxygen atoms in total. The van der Waals surface area contributed by atoms with Gasteiger partial charge in [-0.3, -0.25) is 4.79 Å². The second-order valence-corrected chi connectivity index (χ2v) is 4.42. The Kier molecular flexibility index (Phi) is 1.97. The summed E-state index contributed by atoms with van der Waals surface area (Å²) < 4.78 is 1.64. The van der Waals surface area contributed by atoms with Crippen LogP contribution in [0.1, 0.15) is 18.5 Å². The number of nitrogens with two attached hydrogens (primary N) is 1. The maximum absolute atomic E-state index is 11.0. The highest BCUT2D eigenvalue weighted by Crippen LogP contribution is 2.49. The van der Waals surface area contributed by atoms with Crippen molar-refractivity contribution >= 4 is 11.6 Å². The lowest BCUT2D eigenvalue weighted by molar-refractivity contribution is -0.139. The molecule has 1 aliphatic rings. The Morgan fingerprint density at radius 1 is 1.59 bits per heavy atom. The fraction of sp³-hybridized carbons (Fsp3) is 0.364. The first-order chi connectivity index (χ1) is 8.13. The lowest BCUT2D eigenvalue weighted by atomic mass is 9.93. The van der Waals surface area contributed by atoms with Crippen LogP contribution in [0.25, 0.3) is 5.65 Å². The third kappa shape index (κ3) is 1.41. The zero-order valence-electron chi connectivity index (χ0n) is 9.08. The summed E-state index contributed by atoms with van der Waals surface area (Å²) in [5.41, 5.74) is 6.68. The molecule has 0 bridgehead atoms. The van der Waals surface area contributed by atoms with Gasteiger partial charge in [0, 0.05) is 23.9 Å². The van der Waals surface area contributed by atoms with Crippen LogP contribution < -0.4 is 5.73 Å². The molecule has 1 fully saturated rings. The number of aromatic nitrogens is 3. The van der Waals surface area contributed by atoms with E-state index in [0.29, 0.717) is 5.65 Å². The summed E-state index contributed by atoms with van der Waals surface area (Å²) in [7, 11) is 0. The van der Waals surface area contributed by atoms with Crippen LogP contribution in [0, 0.1) is 0 Å². The van der Waals surface area contributed by atoms with E-state index in [1.165, 1.54) is 0 Å². The molecule has 17 heavy (non-hydrogen) atoms. The van der Waals surface area contributed by atoms with Gasteiger partial charge in [0.1, 0.15) is 6.04 Å². The molecule has 0 aliphatic heterocycles. The van der Waals surface area contributed by atoms with Gasteiger partial charge in [-0.05, 0) is 18.9 Å². The highest BCUT2D eigenvalue weighted by molar-refractivity contribution is 5.76. The molecule has 3 rings (SSSR count). The SMILES string of the molecule is NC(C(=O)O)C1(c2cc3ncccn3n2)CC1. The van der Waals surface area contributed by atoms with Crippen molar-refractivity contribution in [1.82, 2.24) is 14.6 Å². The lowest BCUT2D eigenvalue weighted by Crippen LogP contribution is -2.42. The molecule has 2 aromatic rings. The molecule has 0 spiro atoms. The Balaban J connectivity index is 2.06. The quantitative estimate of drug-likeness (QED) is 0.787. The molecular weight excluding hydrogens is 220 g/mol. The van der Waals surface area contributed by atoms with Crippen molar-refractivity contribution in [2.45, 2.75) is 24.3 Å². The molecule has 2 aromatic heterocycles. The number of hydrogen-bond acceptors (Lipinski definition) is 4. The summed E-state index contributed by atoms with van der Waals surface area (Å²) in [4.78, 5) is 15.2. The monoisotopic (exact) mass is 232 g/mol. The van der Waals surface area contributed by atoms with Crippen LogP contribution in [-0.2, 0) is 10.2 Å². The average Bonchev–Trinajstić information content (AvgIpc) is 3.01. The third-order valence-electron chi connectivity index (χ3n) is 3.40. The largest absolute Gasteiger partial charge is 0.480 e. The standard InChI is InChI=1S/C11H12N4O2/c12-9(10(16)17)11(2-3-11)7-6-8-13-4-1-5-15(8)14-7/h1,4-6,9H,2-3,12H2,(H,16,17). The van der Waals surface area contributed by atoms with Gasteiger partial charge >= 0.3 is 5.97 Å². The molecule has 1 aliphatic carbocycles. The van der Waals surface area contributed by atoms with Crippen LogP contribution in [-0.4, -0.2) is 31.7 Å². The molecule has 0 radical (unpaired) electrons. The van der Waals surface area contributed by atoms with Gasteiger partial charge in [-0.1, -0.05) is 0 Å². The summed E-state index contributed by atoms with van der Waals surface area (Å²) >= 11 is 0. The fourth-order valence-corrected chi connectivity index (χ4v) is 2.17. The van der Waals surface area contributed by atoms with Gasteiger partial charge in [0.25, 0.3) is 0 Å². The molecule has 3 N–H and O–H groups in total. The van der Waals surface area contributed by atoms with Crippen molar-refractivity contribution in [2.75, 3.05) is 0 Å². The van der Waals surface area contributed by atoms with Gasteiger partial charge in [-0.15, -0.1) is 0 Å². The molecule has 0 amide bonds. The van der Waals surface area contributed by atoms with E-state index in [0.717, 1.165) is 18.5 Å². The Labute approximate surface area is 97.1 Å². The second kappa shape index (κ2) is 3.27. The molecular formula is C11H12N4O2. The number of aliphatic carboxylic acids is 1. The van der Waals surface area contributed by atoms with E-state index in [9.17, 15) is 4.79 Å². The first-order valence-electron chi connectivity index (χ1n) is 5.43. The predicted octanol–water partition coefficient (Wildman–Crippen LogP) is 0.173. The molecule has 1 unspecified atom stereocenters. The van der Waals surface area contributed by atoms with E-state index in [1.54, 1.807) is 23.0 Å². The minimum Gasteiger partial charge on any atom is -0.480 e. The zero-order chi connectivity index (χ0) is 12.0. The number of rotatable bonds is 3. The van der Waals surface area contributed by atoms with E-state index in [-0.39, 0.29) is 0 Å². The summed E-state index contributed by atoms with van der Waals surface area (Å²) in [6, 6.07) is 2.70. The van der Waals surface area contributed by atoms with E-state index in [2.05, 4.69) is 10.1 Å². The summed E-state index contributed by atoms with van der Waals surface area (Å²) in [6.07, 6.45) is 5.00. The van der Waals surface area contributed by atoms with Gasteiger partial charge in [0.05, 0.1) is 5.69 Å². The Morgan fingerprint density at radius 3 is 2.94 bits per heavy atom. The highest BCUT2D eigenvalue weighted by Gasteiger charge is 2.54. The lowest BCUT2D eigenvalue weighted by Gasteiger charge is -2.16. The average molecular weight is 232 g/mol. The van der Waals surface area contributed by atoms with Gasteiger partial charge in [-0.2, -0.15) is 5.10 Å². The normalized spacial score (nSPS) is 19.1. The fourth-order valence-electron chi connectivity index (χ4n) is 2.17. The van der Waals surface area contributed by atoms with Gasteiger partial charge < -0.3 is 10.8 Å². The maximum Gasteiger partial charge on any atom is 0.321 e. The minimum atomic E-state index is -0.979. The van der Waals surface area contributed by atoms with Crippen LogP contribution in [0.3, 0.4) is 0 Å². The Bertz CT molecular complexity index is 555. The van der Waals surface area contributed by atoms with Gasteiger partial charge in [-0.25, -0.2) is 9.50 Å². The highest BCUT2D eigenvalue weighted by atomic mass is 16.4. The van der Waals surface area contributed by atoms with Gasteiger partial charge in [0.15, 0.2) is 5.65 Å². The predicted molar refractivity (Wildman–Crippen MR) is 59.5 cm³/mol. The molecule has 0 saturated heterocycles. The Hall–Kier alpha value is -1.95. The number of carboxylic acid groups (broad SMARTS) is 1. The van der Waals surface area contributed by atoms with Crippen molar-refractivity contribution in [3.63, 3.8) is 0 Å². The summed E-state index contributed by atoms with van der Waals surface area (Å²) in [6.45, 7) is 0. The van der Waals surface area contributed by atoms with Crippen molar-refractivity contribution in [3.05, 3.63) is 30.2 Å². The number of carbonyl (C=O) groups is 1. The van der Waals surface area contributed by atoms with Crippen LogP contribution in [0.2, 0.25) is 0 Å². The summed E-state index contributed by atoms with van der Waals surface area (Å²) in [5.74, 6) is -0.979. The van der Waals surface area contributed by atoms with Crippen LogP contribution >= 0.6 is 0 Å². The van der Waals surface area contributed by atoms with E-state index in [1.807, 2.05) is 6.07 Å². The number of nitrogens with zero attached hydrogens (tertiary/aromatic N) is 3. The molecule has 88 valence electrons. The van der Waals surface area contributed by atoms with Crippen molar-refractivity contribution in [1.29, 1.82) is 0 Å². The maximum atomic E-state index is 11.0. The van der Waals surface area contributed by atoms with Crippen molar-refractivity contribution in [2.24, 2.45) is 5.73 Å². The smallest absolute Gasteiger partial charge is 0.321 e. The molecule has 1 atom stereocenters. The molecule has 2 heterocycles. The van der Waals surface area contributed by atoms with Crippen molar-refractivity contribution in [3.8, 4) is 0 Å². The van der Waals surface area contributed by atoms with E-state index < -0.39 is 17.4 Å². The first kappa shape index (κ1) is 10.2. The van der Waals surface area contributed by atoms with Crippen LogP contribution in [0.5, 0.6) is 0 Å². The topological polar surface area (TPSA) is 93.5 Å². The third-order valence-corrected chi connectivity index (χ3v) is 3.40. The molecule has 6 heteroatoms. The number of carboxylic acids is 1. The zero-order valence-corrected chi connectivity index (χ0v) is 9.08. The van der Waals surface area contributed by atoms with Gasteiger partial charge in [0.2, 0.25) is 0 Å². The number of hydrogen-bond donors (Lipinski definition) is 2. The van der Waals surface area contributed by atoms with E-state index >= 15 is 0 Å². The second-order valence-electron chi connectivity index (χ2n) is 4.42. The Morgan fingerprint density at radius 2 is 2.35 bits per heavy atom. The molecule has 0 aromatic carbocycles. The first-order valence-corrected chi connectivity index (χ1v) is 5.43. The summed E-state index contributed by atoms with van der Waals surface area (Å²) in [5, 5.41) is 13.4. The minimum absolute atomic E-state index is 0.500. The number of fused-ring (bicyclic) bond motifs is 1. The van der Waals surface area contributed by atoms with Crippen LogP contribution in [0.4, 0.5) is 0 Å².